The number of hydrogen-bond donors (Lipinski definition) is 2. The molecule has 0 bridgehead atoms. The zero-order valence-corrected chi connectivity index (χ0v) is 11.7. The highest BCUT2D eigenvalue weighted by molar-refractivity contribution is 5.25. The summed E-state index contributed by atoms with van der Waals surface area (Å²) in [5.41, 5.74) is 0.000381. The van der Waals surface area contributed by atoms with Crippen LogP contribution in [0.15, 0.2) is 24.3 Å². The Morgan fingerprint density at radius 2 is 2.05 bits per heavy atom. The number of alkyl halides is 3. The van der Waals surface area contributed by atoms with E-state index < -0.39 is 17.8 Å². The Bertz CT molecular complexity index is 464. The van der Waals surface area contributed by atoms with Gasteiger partial charge in [-0.3, -0.25) is 4.90 Å². The van der Waals surface area contributed by atoms with E-state index in [1.165, 1.54) is 12.1 Å². The van der Waals surface area contributed by atoms with Gasteiger partial charge in [-0.25, -0.2) is 0 Å². The molecule has 2 rings (SSSR count). The third-order valence-electron chi connectivity index (χ3n) is 3.96. The van der Waals surface area contributed by atoms with E-state index in [1.54, 1.807) is 6.07 Å². The van der Waals surface area contributed by atoms with Gasteiger partial charge in [-0.05, 0) is 30.9 Å². The largest absolute Gasteiger partial charge is 0.416 e. The molecule has 0 radical (unpaired) electrons. The number of benzene rings is 1. The van der Waals surface area contributed by atoms with Crippen LogP contribution < -0.4 is 0 Å². The maximum absolute atomic E-state index is 12.7. The molecule has 1 heterocycles. The molecule has 2 atom stereocenters. The van der Waals surface area contributed by atoms with Crippen molar-refractivity contribution in [3.8, 4) is 0 Å². The Hall–Kier alpha value is -1.11. The minimum Gasteiger partial charge on any atom is -0.395 e. The molecule has 1 fully saturated rings. The Balaban J connectivity index is 1.96. The summed E-state index contributed by atoms with van der Waals surface area (Å²) in [6.07, 6.45) is -3.07. The Labute approximate surface area is 122 Å². The summed E-state index contributed by atoms with van der Waals surface area (Å²) in [5, 5.41) is 18.9. The van der Waals surface area contributed by atoms with Crippen LogP contribution in [0.3, 0.4) is 0 Å². The third-order valence-corrected chi connectivity index (χ3v) is 3.96. The van der Waals surface area contributed by atoms with Gasteiger partial charge in [0, 0.05) is 19.1 Å². The van der Waals surface area contributed by atoms with E-state index in [2.05, 4.69) is 0 Å². The van der Waals surface area contributed by atoms with Gasteiger partial charge in [-0.15, -0.1) is 0 Å². The lowest BCUT2D eigenvalue weighted by Crippen LogP contribution is -2.47. The first-order chi connectivity index (χ1) is 9.90. The molecule has 2 N–H and O–H groups in total. The zero-order chi connectivity index (χ0) is 15.5. The van der Waals surface area contributed by atoms with Crippen LogP contribution in [0.25, 0.3) is 0 Å². The molecule has 1 aromatic carbocycles. The van der Waals surface area contributed by atoms with E-state index in [0.717, 1.165) is 6.07 Å². The van der Waals surface area contributed by atoms with Crippen LogP contribution in [-0.2, 0) is 12.6 Å². The second kappa shape index (κ2) is 6.77. The fraction of sp³-hybridized carbons (Fsp3) is 0.600. The summed E-state index contributed by atoms with van der Waals surface area (Å²) in [5.74, 6) is 0. The number of aliphatic hydroxyl groups is 2. The fourth-order valence-electron chi connectivity index (χ4n) is 2.74. The first kappa shape index (κ1) is 16.3. The van der Waals surface area contributed by atoms with Crippen molar-refractivity contribution >= 4 is 0 Å². The molecule has 2 unspecified atom stereocenters. The average Bonchev–Trinajstić information content (AvgIpc) is 2.45. The summed E-state index contributed by atoms with van der Waals surface area (Å²) < 4.78 is 38.0. The van der Waals surface area contributed by atoms with Gasteiger partial charge in [0.1, 0.15) is 0 Å². The lowest BCUT2D eigenvalue weighted by atomic mass is 9.99. The molecule has 0 aromatic heterocycles. The highest BCUT2D eigenvalue weighted by atomic mass is 19.4. The molecule has 6 heteroatoms. The second-order valence-corrected chi connectivity index (χ2v) is 5.50. The first-order valence-corrected chi connectivity index (χ1v) is 7.09. The highest BCUT2D eigenvalue weighted by Crippen LogP contribution is 2.29. The van der Waals surface area contributed by atoms with Crippen molar-refractivity contribution in [3.63, 3.8) is 0 Å². The third kappa shape index (κ3) is 4.43. The molecule has 0 amide bonds. The monoisotopic (exact) mass is 303 g/mol. The van der Waals surface area contributed by atoms with Crippen LogP contribution in [0.5, 0.6) is 0 Å². The lowest BCUT2D eigenvalue weighted by Gasteiger charge is -2.36. The Kier molecular flexibility index (Phi) is 5.24. The van der Waals surface area contributed by atoms with Crippen LogP contribution in [0, 0.1) is 0 Å². The summed E-state index contributed by atoms with van der Waals surface area (Å²) in [6.45, 7) is 1.20. The molecule has 1 aromatic rings. The molecular formula is C15H20F3NO2. The van der Waals surface area contributed by atoms with Gasteiger partial charge in [0.25, 0.3) is 0 Å². The van der Waals surface area contributed by atoms with E-state index >= 15 is 0 Å². The van der Waals surface area contributed by atoms with Gasteiger partial charge in [-0.1, -0.05) is 18.2 Å². The van der Waals surface area contributed by atoms with Crippen molar-refractivity contribution in [3.05, 3.63) is 35.4 Å². The van der Waals surface area contributed by atoms with Crippen molar-refractivity contribution in [2.75, 3.05) is 19.7 Å². The number of piperidine rings is 1. The quantitative estimate of drug-likeness (QED) is 0.895. The molecule has 1 aliphatic rings. The number of nitrogens with zero attached hydrogens (tertiary/aromatic N) is 1. The zero-order valence-electron chi connectivity index (χ0n) is 11.7. The molecule has 0 aliphatic carbocycles. The number of aliphatic hydroxyl groups excluding tert-OH is 2. The van der Waals surface area contributed by atoms with Crippen molar-refractivity contribution in [1.29, 1.82) is 0 Å². The summed E-state index contributed by atoms with van der Waals surface area (Å²) in [7, 11) is 0. The van der Waals surface area contributed by atoms with Crippen molar-refractivity contribution in [2.24, 2.45) is 0 Å². The smallest absolute Gasteiger partial charge is 0.395 e. The topological polar surface area (TPSA) is 43.7 Å². The van der Waals surface area contributed by atoms with Gasteiger partial charge < -0.3 is 10.2 Å². The van der Waals surface area contributed by atoms with Gasteiger partial charge in [-0.2, -0.15) is 13.2 Å². The predicted octanol–water partition coefficient (Wildman–Crippen LogP) is 2.07. The van der Waals surface area contributed by atoms with Crippen molar-refractivity contribution in [1.82, 2.24) is 4.90 Å². The SMILES string of the molecule is OCC1CC(O)CCN1CCc1cccc(C(F)(F)F)c1. The number of likely N-dealkylation sites (tertiary alicyclic amines) is 1. The minimum absolute atomic E-state index is 0.0420. The van der Waals surface area contributed by atoms with Crippen LogP contribution in [0.2, 0.25) is 0 Å². The Morgan fingerprint density at radius 1 is 1.29 bits per heavy atom. The van der Waals surface area contributed by atoms with E-state index in [0.29, 0.717) is 37.9 Å². The summed E-state index contributed by atoms with van der Waals surface area (Å²) in [6, 6.07) is 5.23. The van der Waals surface area contributed by atoms with Crippen LogP contribution >= 0.6 is 0 Å². The number of rotatable bonds is 4. The maximum Gasteiger partial charge on any atom is 0.416 e. The van der Waals surface area contributed by atoms with Crippen LogP contribution in [-0.4, -0.2) is 47.0 Å². The van der Waals surface area contributed by atoms with E-state index in [9.17, 15) is 23.4 Å². The number of hydrogen-bond acceptors (Lipinski definition) is 3. The van der Waals surface area contributed by atoms with Crippen molar-refractivity contribution in [2.45, 2.75) is 37.6 Å². The summed E-state index contributed by atoms with van der Waals surface area (Å²) >= 11 is 0. The summed E-state index contributed by atoms with van der Waals surface area (Å²) in [4.78, 5) is 2.03. The second-order valence-electron chi connectivity index (χ2n) is 5.50. The van der Waals surface area contributed by atoms with E-state index in [-0.39, 0.29) is 12.6 Å². The average molecular weight is 303 g/mol. The van der Waals surface area contributed by atoms with Gasteiger partial charge in [0.15, 0.2) is 0 Å². The molecule has 1 saturated heterocycles. The molecule has 1 aliphatic heterocycles. The minimum atomic E-state index is -4.32. The molecule has 21 heavy (non-hydrogen) atoms. The fourth-order valence-corrected chi connectivity index (χ4v) is 2.74. The van der Waals surface area contributed by atoms with Crippen LogP contribution in [0.1, 0.15) is 24.0 Å². The molecule has 3 nitrogen and oxygen atoms in total. The van der Waals surface area contributed by atoms with Crippen LogP contribution in [0.4, 0.5) is 13.2 Å². The predicted molar refractivity (Wildman–Crippen MR) is 72.8 cm³/mol. The first-order valence-electron chi connectivity index (χ1n) is 7.09. The maximum atomic E-state index is 12.7. The van der Waals surface area contributed by atoms with Crippen molar-refractivity contribution < 1.29 is 23.4 Å². The standard InChI is InChI=1S/C15H20F3NO2/c16-15(17,18)12-3-1-2-11(8-12)4-6-19-7-5-14(21)9-13(19)10-20/h1-3,8,13-14,20-21H,4-7,9-10H2. The van der Waals surface area contributed by atoms with Gasteiger partial charge in [0.2, 0.25) is 0 Å². The highest BCUT2D eigenvalue weighted by Gasteiger charge is 2.30. The number of halogens is 3. The van der Waals surface area contributed by atoms with E-state index in [1.807, 2.05) is 4.90 Å². The molecule has 118 valence electrons. The van der Waals surface area contributed by atoms with Gasteiger partial charge in [0.05, 0.1) is 18.3 Å². The van der Waals surface area contributed by atoms with E-state index in [4.69, 9.17) is 0 Å². The molecule has 0 saturated carbocycles. The molecular weight excluding hydrogens is 283 g/mol. The molecule has 0 spiro atoms. The normalized spacial score (nSPS) is 24.2. The lowest BCUT2D eigenvalue weighted by molar-refractivity contribution is -0.137. The van der Waals surface area contributed by atoms with Gasteiger partial charge >= 0.3 is 6.18 Å². The Morgan fingerprint density at radius 3 is 2.71 bits per heavy atom.